The second kappa shape index (κ2) is 2.42. The van der Waals surface area contributed by atoms with Crippen molar-refractivity contribution >= 4 is 11.6 Å². The van der Waals surface area contributed by atoms with Crippen LogP contribution in [0.15, 0.2) is 4.79 Å². The molecular weight excluding hydrogens is 152 g/mol. The Morgan fingerprint density at radius 1 is 1.50 bits per heavy atom. The molecule has 1 aromatic heterocycles. The average Bonchev–Trinajstić information content (AvgIpc) is 1.82. The fourth-order valence-corrected chi connectivity index (χ4v) is 0.823. The van der Waals surface area contributed by atoms with Crippen LogP contribution < -0.4 is 5.56 Å². The van der Waals surface area contributed by atoms with Crippen molar-refractivity contribution in [3.63, 3.8) is 0 Å². The van der Waals surface area contributed by atoms with Gasteiger partial charge in [0.1, 0.15) is 0 Å². The van der Waals surface area contributed by atoms with Crippen LogP contribution in [0.3, 0.4) is 0 Å². The number of halogens is 1. The van der Waals surface area contributed by atoms with Gasteiger partial charge in [0, 0.05) is 11.3 Å². The summed E-state index contributed by atoms with van der Waals surface area (Å²) in [6.07, 6.45) is 0. The van der Waals surface area contributed by atoms with E-state index in [1.807, 2.05) is 0 Å². The third-order valence-electron chi connectivity index (χ3n) is 1.37. The van der Waals surface area contributed by atoms with E-state index in [9.17, 15) is 4.79 Å². The highest BCUT2D eigenvalue weighted by molar-refractivity contribution is 6.28. The van der Waals surface area contributed by atoms with E-state index in [4.69, 9.17) is 11.6 Å². The van der Waals surface area contributed by atoms with E-state index < -0.39 is 0 Å². The Bertz CT molecular complexity index is 305. The first kappa shape index (κ1) is 7.28. The molecule has 1 aromatic rings. The molecule has 54 valence electrons. The van der Waals surface area contributed by atoms with Gasteiger partial charge in [-0.3, -0.25) is 9.78 Å². The van der Waals surface area contributed by atoms with Crippen molar-refractivity contribution in [1.82, 2.24) is 9.97 Å². The molecule has 4 heteroatoms. The summed E-state index contributed by atoms with van der Waals surface area (Å²) in [5, 5.41) is 0.146. The molecule has 0 radical (unpaired) electrons. The van der Waals surface area contributed by atoms with Crippen molar-refractivity contribution in [2.24, 2.45) is 0 Å². The zero-order valence-corrected chi connectivity index (χ0v) is 6.49. The molecule has 0 amide bonds. The van der Waals surface area contributed by atoms with Gasteiger partial charge >= 0.3 is 0 Å². The molecular formula is C6H7ClN2O. The zero-order chi connectivity index (χ0) is 7.72. The van der Waals surface area contributed by atoms with E-state index in [1.54, 1.807) is 13.8 Å². The largest absolute Gasteiger partial charge is 0.297 e. The zero-order valence-electron chi connectivity index (χ0n) is 5.73. The van der Waals surface area contributed by atoms with Crippen LogP contribution in [0.1, 0.15) is 11.3 Å². The smallest absolute Gasteiger partial charge is 0.254 e. The van der Waals surface area contributed by atoms with E-state index in [0.717, 1.165) is 0 Å². The Balaban J connectivity index is 3.46. The molecule has 0 saturated heterocycles. The van der Waals surface area contributed by atoms with Crippen LogP contribution in [0.5, 0.6) is 0 Å². The van der Waals surface area contributed by atoms with Gasteiger partial charge in [0.05, 0.1) is 0 Å². The lowest BCUT2D eigenvalue weighted by Crippen LogP contribution is -2.12. The van der Waals surface area contributed by atoms with Gasteiger partial charge in [-0.25, -0.2) is 4.98 Å². The van der Waals surface area contributed by atoms with Gasteiger partial charge < -0.3 is 0 Å². The van der Waals surface area contributed by atoms with E-state index >= 15 is 0 Å². The standard InChI is InChI=1S/C6H7ClN2O/c1-3-4(2)8-6(7)9-5(3)10/h1-2H3,(H,8,9,10). The summed E-state index contributed by atoms with van der Waals surface area (Å²) in [5.74, 6) is 0. The number of aromatic amines is 1. The summed E-state index contributed by atoms with van der Waals surface area (Å²) in [6.45, 7) is 3.45. The second-order valence-electron chi connectivity index (χ2n) is 2.07. The van der Waals surface area contributed by atoms with Crippen molar-refractivity contribution in [3.8, 4) is 0 Å². The number of nitrogens with one attached hydrogen (secondary N) is 1. The lowest BCUT2D eigenvalue weighted by Gasteiger charge is -1.95. The van der Waals surface area contributed by atoms with Gasteiger partial charge in [-0.2, -0.15) is 0 Å². The predicted molar refractivity (Wildman–Crippen MR) is 39.3 cm³/mol. The van der Waals surface area contributed by atoms with Crippen molar-refractivity contribution in [1.29, 1.82) is 0 Å². The Labute approximate surface area is 63.1 Å². The lowest BCUT2D eigenvalue weighted by molar-refractivity contribution is 1.02. The highest BCUT2D eigenvalue weighted by atomic mass is 35.5. The van der Waals surface area contributed by atoms with Gasteiger partial charge in [0.25, 0.3) is 5.56 Å². The van der Waals surface area contributed by atoms with Gasteiger partial charge in [-0.15, -0.1) is 0 Å². The predicted octanol–water partition coefficient (Wildman–Crippen LogP) is 1.04. The molecule has 0 unspecified atom stereocenters. The number of H-pyrrole nitrogens is 1. The molecule has 0 atom stereocenters. The highest BCUT2D eigenvalue weighted by Crippen LogP contribution is 1.99. The Morgan fingerprint density at radius 2 is 2.10 bits per heavy atom. The second-order valence-corrected chi connectivity index (χ2v) is 2.43. The van der Waals surface area contributed by atoms with Gasteiger partial charge in [0.2, 0.25) is 5.28 Å². The lowest BCUT2D eigenvalue weighted by atomic mass is 10.3. The maximum Gasteiger partial charge on any atom is 0.254 e. The average molecular weight is 159 g/mol. The van der Waals surface area contributed by atoms with Crippen LogP contribution in [0.25, 0.3) is 0 Å². The fraction of sp³-hybridized carbons (Fsp3) is 0.333. The van der Waals surface area contributed by atoms with Crippen LogP contribution in [-0.2, 0) is 0 Å². The SMILES string of the molecule is Cc1nc(Cl)[nH]c(=O)c1C. The van der Waals surface area contributed by atoms with Crippen LogP contribution in [0, 0.1) is 13.8 Å². The fourth-order valence-electron chi connectivity index (χ4n) is 0.611. The number of hydrogen-bond donors (Lipinski definition) is 1. The minimum Gasteiger partial charge on any atom is -0.297 e. The first-order valence-electron chi connectivity index (χ1n) is 2.84. The molecule has 1 N–H and O–H groups in total. The maximum absolute atomic E-state index is 10.9. The molecule has 0 fully saturated rings. The summed E-state index contributed by atoms with van der Waals surface area (Å²) in [6, 6.07) is 0. The summed E-state index contributed by atoms with van der Waals surface area (Å²) in [7, 11) is 0. The Hall–Kier alpha value is -0.830. The molecule has 0 spiro atoms. The van der Waals surface area contributed by atoms with Crippen LogP contribution in [0.2, 0.25) is 5.28 Å². The third kappa shape index (κ3) is 1.19. The van der Waals surface area contributed by atoms with E-state index in [0.29, 0.717) is 11.3 Å². The molecule has 0 aliphatic rings. The van der Waals surface area contributed by atoms with Gasteiger partial charge in [-0.1, -0.05) is 0 Å². The Morgan fingerprint density at radius 3 is 2.60 bits per heavy atom. The monoisotopic (exact) mass is 158 g/mol. The molecule has 3 nitrogen and oxygen atoms in total. The van der Waals surface area contributed by atoms with Gasteiger partial charge in [-0.05, 0) is 25.4 Å². The molecule has 0 aliphatic heterocycles. The Kier molecular flexibility index (Phi) is 1.76. The van der Waals surface area contributed by atoms with Crippen LogP contribution >= 0.6 is 11.6 Å². The number of rotatable bonds is 0. The summed E-state index contributed by atoms with van der Waals surface area (Å²) in [5.41, 5.74) is 1.12. The number of aromatic nitrogens is 2. The number of nitrogens with zero attached hydrogens (tertiary/aromatic N) is 1. The molecule has 0 aliphatic carbocycles. The van der Waals surface area contributed by atoms with Crippen LogP contribution in [-0.4, -0.2) is 9.97 Å². The number of hydrogen-bond acceptors (Lipinski definition) is 2. The van der Waals surface area contributed by atoms with Crippen molar-refractivity contribution in [3.05, 3.63) is 26.9 Å². The van der Waals surface area contributed by atoms with E-state index in [1.165, 1.54) is 0 Å². The third-order valence-corrected chi connectivity index (χ3v) is 1.54. The topological polar surface area (TPSA) is 45.8 Å². The van der Waals surface area contributed by atoms with Gasteiger partial charge in [0.15, 0.2) is 0 Å². The normalized spacial score (nSPS) is 9.90. The van der Waals surface area contributed by atoms with Crippen molar-refractivity contribution in [2.75, 3.05) is 0 Å². The minimum absolute atomic E-state index is 0.146. The van der Waals surface area contributed by atoms with E-state index in [2.05, 4.69) is 9.97 Å². The molecule has 0 bridgehead atoms. The minimum atomic E-state index is -0.169. The summed E-state index contributed by atoms with van der Waals surface area (Å²) < 4.78 is 0. The maximum atomic E-state index is 10.9. The molecule has 0 saturated carbocycles. The van der Waals surface area contributed by atoms with Crippen molar-refractivity contribution in [2.45, 2.75) is 13.8 Å². The first-order valence-corrected chi connectivity index (χ1v) is 3.22. The number of aryl methyl sites for hydroxylation is 1. The molecule has 1 heterocycles. The summed E-state index contributed by atoms with van der Waals surface area (Å²) >= 11 is 5.46. The molecule has 1 rings (SSSR count). The van der Waals surface area contributed by atoms with E-state index in [-0.39, 0.29) is 10.8 Å². The first-order chi connectivity index (χ1) is 4.61. The van der Waals surface area contributed by atoms with Crippen LogP contribution in [0.4, 0.5) is 0 Å². The molecule has 10 heavy (non-hydrogen) atoms. The summed E-state index contributed by atoms with van der Waals surface area (Å²) in [4.78, 5) is 17.1. The molecule has 0 aromatic carbocycles. The highest BCUT2D eigenvalue weighted by Gasteiger charge is 1.99. The van der Waals surface area contributed by atoms with Crippen molar-refractivity contribution < 1.29 is 0 Å². The quantitative estimate of drug-likeness (QED) is 0.574.